The number of hydrogen-bond donors (Lipinski definition) is 1. The van der Waals surface area contributed by atoms with E-state index >= 15 is 0 Å². The molecule has 0 unspecified atom stereocenters. The second kappa shape index (κ2) is 8.88. The highest BCUT2D eigenvalue weighted by Crippen LogP contribution is 2.25. The van der Waals surface area contributed by atoms with Crippen LogP contribution in [0.25, 0.3) is 22.2 Å². The number of para-hydroxylation sites is 1. The first-order valence-corrected chi connectivity index (χ1v) is 11.6. The van der Waals surface area contributed by atoms with Crippen molar-refractivity contribution in [2.24, 2.45) is 4.99 Å². The van der Waals surface area contributed by atoms with Crippen molar-refractivity contribution in [2.45, 2.75) is 19.9 Å². The van der Waals surface area contributed by atoms with Crippen LogP contribution < -0.4 is 4.80 Å². The Morgan fingerprint density at radius 2 is 1.88 bits per heavy atom. The van der Waals surface area contributed by atoms with E-state index in [4.69, 9.17) is 4.99 Å². The van der Waals surface area contributed by atoms with Crippen molar-refractivity contribution >= 4 is 33.6 Å². The van der Waals surface area contributed by atoms with Crippen molar-refractivity contribution in [1.29, 1.82) is 0 Å². The highest BCUT2D eigenvalue weighted by Gasteiger charge is 2.12. The van der Waals surface area contributed by atoms with E-state index in [0.717, 1.165) is 45.8 Å². The first-order valence-electron chi connectivity index (χ1n) is 10.7. The maximum absolute atomic E-state index is 11.1. The van der Waals surface area contributed by atoms with Gasteiger partial charge in [-0.25, -0.2) is 4.99 Å². The van der Waals surface area contributed by atoms with E-state index in [2.05, 4.69) is 58.4 Å². The molecule has 0 spiro atoms. The van der Waals surface area contributed by atoms with Crippen molar-refractivity contribution < 1.29 is 4.92 Å². The molecule has 3 aromatic carbocycles. The van der Waals surface area contributed by atoms with Gasteiger partial charge in [0, 0.05) is 41.2 Å². The maximum Gasteiger partial charge on any atom is 0.269 e. The summed E-state index contributed by atoms with van der Waals surface area (Å²) in [5, 5.41) is 14.4. The van der Waals surface area contributed by atoms with Crippen molar-refractivity contribution in [2.75, 3.05) is 0 Å². The lowest BCUT2D eigenvalue weighted by atomic mass is 10.1. The number of nitro groups is 1. The lowest BCUT2D eigenvalue weighted by molar-refractivity contribution is -0.384. The summed E-state index contributed by atoms with van der Waals surface area (Å²) in [6, 6.07) is 23.1. The van der Waals surface area contributed by atoms with Gasteiger partial charge >= 0.3 is 0 Å². The molecule has 2 aromatic heterocycles. The van der Waals surface area contributed by atoms with Crippen LogP contribution in [-0.4, -0.2) is 14.5 Å². The van der Waals surface area contributed by atoms with Gasteiger partial charge in [0.25, 0.3) is 5.69 Å². The fourth-order valence-electron chi connectivity index (χ4n) is 4.00. The SMILES string of the molecule is Cc1cccc(N=c2scc(-c3ccc([N+](=O)[O-])cc3)n2CCc2c[nH]c3ccccc23)c1. The number of nitrogens with zero attached hydrogens (tertiary/aromatic N) is 3. The molecule has 0 atom stereocenters. The van der Waals surface area contributed by atoms with Gasteiger partial charge in [-0.2, -0.15) is 0 Å². The molecule has 0 saturated heterocycles. The van der Waals surface area contributed by atoms with E-state index in [1.54, 1.807) is 35.6 Å². The average molecular weight is 455 g/mol. The Bertz CT molecular complexity index is 1510. The number of nitrogens with one attached hydrogen (secondary N) is 1. The molecule has 0 aliphatic rings. The summed E-state index contributed by atoms with van der Waals surface area (Å²) >= 11 is 1.58. The highest BCUT2D eigenvalue weighted by atomic mass is 32.1. The Labute approximate surface area is 194 Å². The molecule has 6 nitrogen and oxygen atoms in total. The molecule has 0 amide bonds. The molecule has 0 saturated carbocycles. The third kappa shape index (κ3) is 4.36. The zero-order valence-corrected chi connectivity index (χ0v) is 18.9. The lowest BCUT2D eigenvalue weighted by Gasteiger charge is -2.09. The number of fused-ring (bicyclic) bond motifs is 1. The molecule has 0 radical (unpaired) electrons. The number of H-pyrrole nitrogens is 1. The summed E-state index contributed by atoms with van der Waals surface area (Å²) in [5.41, 5.74) is 6.47. The van der Waals surface area contributed by atoms with E-state index in [9.17, 15) is 10.1 Å². The van der Waals surface area contributed by atoms with Crippen LogP contribution in [0.4, 0.5) is 11.4 Å². The van der Waals surface area contributed by atoms with Gasteiger partial charge in [0.1, 0.15) is 0 Å². The summed E-state index contributed by atoms with van der Waals surface area (Å²) < 4.78 is 2.20. The Balaban J connectivity index is 1.56. The third-order valence-electron chi connectivity index (χ3n) is 5.68. The van der Waals surface area contributed by atoms with Gasteiger partial charge in [-0.1, -0.05) is 30.3 Å². The van der Waals surface area contributed by atoms with E-state index in [0.29, 0.717) is 0 Å². The van der Waals surface area contributed by atoms with Gasteiger partial charge in [-0.15, -0.1) is 11.3 Å². The fraction of sp³-hybridized carbons (Fsp3) is 0.115. The normalized spacial score (nSPS) is 11.8. The number of benzene rings is 3. The third-order valence-corrected chi connectivity index (χ3v) is 6.54. The second-order valence-electron chi connectivity index (χ2n) is 7.92. The van der Waals surface area contributed by atoms with Crippen LogP contribution in [0.3, 0.4) is 0 Å². The minimum absolute atomic E-state index is 0.0870. The van der Waals surface area contributed by atoms with Crippen LogP contribution in [0.15, 0.2) is 89.4 Å². The Hall–Kier alpha value is -3.97. The van der Waals surface area contributed by atoms with Crippen LogP contribution in [0.1, 0.15) is 11.1 Å². The van der Waals surface area contributed by atoms with E-state index in [1.807, 2.05) is 18.2 Å². The molecular formula is C26H22N4O2S. The summed E-state index contributed by atoms with van der Waals surface area (Å²) in [6.07, 6.45) is 2.91. The summed E-state index contributed by atoms with van der Waals surface area (Å²) in [7, 11) is 0. The molecule has 164 valence electrons. The molecule has 7 heteroatoms. The van der Waals surface area contributed by atoms with E-state index in [-0.39, 0.29) is 10.6 Å². The van der Waals surface area contributed by atoms with Crippen molar-refractivity contribution in [3.63, 3.8) is 0 Å². The predicted octanol–water partition coefficient (Wildman–Crippen LogP) is 6.39. The minimum atomic E-state index is -0.374. The quantitative estimate of drug-likeness (QED) is 0.238. The standard InChI is InChI=1S/C26H22N4O2S/c1-18-5-4-6-21(15-18)28-26-29(14-13-20-16-27-24-8-3-2-7-23(20)24)25(17-33-26)19-9-11-22(12-10-19)30(31)32/h2-12,15-17,27H,13-14H2,1H3. The molecule has 5 rings (SSSR count). The number of nitro benzene ring substituents is 1. The molecule has 33 heavy (non-hydrogen) atoms. The number of aromatic nitrogens is 2. The van der Waals surface area contributed by atoms with Gasteiger partial charge in [-0.05, 0) is 60.4 Å². The van der Waals surface area contributed by atoms with Crippen LogP contribution >= 0.6 is 11.3 Å². The summed E-state index contributed by atoms with van der Waals surface area (Å²) in [5.74, 6) is 0. The predicted molar refractivity (Wildman–Crippen MR) is 133 cm³/mol. The number of aromatic amines is 1. The van der Waals surface area contributed by atoms with Crippen LogP contribution in [0.2, 0.25) is 0 Å². The average Bonchev–Trinajstić information content (AvgIpc) is 3.41. The second-order valence-corrected chi connectivity index (χ2v) is 8.76. The van der Waals surface area contributed by atoms with Gasteiger partial charge in [0.2, 0.25) is 0 Å². The van der Waals surface area contributed by atoms with Crippen LogP contribution in [0.5, 0.6) is 0 Å². The largest absolute Gasteiger partial charge is 0.361 e. The summed E-state index contributed by atoms with van der Waals surface area (Å²) in [4.78, 5) is 19.9. The first kappa shape index (κ1) is 20.9. The van der Waals surface area contributed by atoms with E-state index in [1.165, 1.54) is 10.9 Å². The number of aryl methyl sites for hydroxylation is 2. The number of hydrogen-bond acceptors (Lipinski definition) is 4. The molecule has 2 heterocycles. The zero-order valence-electron chi connectivity index (χ0n) is 18.1. The topological polar surface area (TPSA) is 76.2 Å². The fourth-order valence-corrected chi connectivity index (χ4v) is 4.95. The summed E-state index contributed by atoms with van der Waals surface area (Å²) in [6.45, 7) is 2.79. The van der Waals surface area contributed by atoms with Crippen molar-refractivity contribution in [1.82, 2.24) is 9.55 Å². The molecule has 0 bridgehead atoms. The van der Waals surface area contributed by atoms with Gasteiger partial charge < -0.3 is 9.55 Å². The maximum atomic E-state index is 11.1. The monoisotopic (exact) mass is 454 g/mol. The Morgan fingerprint density at radius 1 is 1.06 bits per heavy atom. The number of rotatable bonds is 6. The molecule has 0 aliphatic heterocycles. The van der Waals surface area contributed by atoms with Crippen molar-refractivity contribution in [3.8, 4) is 11.3 Å². The molecule has 1 N–H and O–H groups in total. The van der Waals surface area contributed by atoms with Crippen molar-refractivity contribution in [3.05, 3.63) is 110 Å². The molecule has 0 fully saturated rings. The van der Waals surface area contributed by atoms with Crippen LogP contribution in [-0.2, 0) is 13.0 Å². The van der Waals surface area contributed by atoms with Crippen LogP contribution in [0, 0.1) is 17.0 Å². The Kier molecular flexibility index (Phi) is 5.62. The Morgan fingerprint density at radius 3 is 2.67 bits per heavy atom. The zero-order chi connectivity index (χ0) is 22.8. The molecular weight excluding hydrogens is 432 g/mol. The molecule has 5 aromatic rings. The van der Waals surface area contributed by atoms with Gasteiger partial charge in [-0.3, -0.25) is 10.1 Å². The first-order chi connectivity index (χ1) is 16.1. The lowest BCUT2D eigenvalue weighted by Crippen LogP contribution is -2.17. The van der Waals surface area contributed by atoms with Gasteiger partial charge in [0.05, 0.1) is 16.3 Å². The minimum Gasteiger partial charge on any atom is -0.361 e. The number of non-ortho nitro benzene ring substituents is 1. The smallest absolute Gasteiger partial charge is 0.269 e. The molecule has 0 aliphatic carbocycles. The van der Waals surface area contributed by atoms with E-state index < -0.39 is 0 Å². The number of thiazole rings is 1. The highest BCUT2D eigenvalue weighted by molar-refractivity contribution is 7.07. The van der Waals surface area contributed by atoms with Gasteiger partial charge in [0.15, 0.2) is 4.80 Å².